The molecule has 0 radical (unpaired) electrons. The Morgan fingerprint density at radius 3 is 2.36 bits per heavy atom. The number of methoxy groups -OCH3 is 1. The van der Waals surface area contributed by atoms with E-state index in [0.29, 0.717) is 24.6 Å². The smallest absolute Gasteiger partial charge is 0.317 e. The highest BCUT2D eigenvalue weighted by atomic mass is 32.2. The Bertz CT molecular complexity index is 1810. The van der Waals surface area contributed by atoms with Crippen LogP contribution in [0.3, 0.4) is 0 Å². The van der Waals surface area contributed by atoms with Gasteiger partial charge in [-0.15, -0.1) is 0 Å². The zero-order valence-corrected chi connectivity index (χ0v) is 28.3. The predicted molar refractivity (Wildman–Crippen MR) is 180 cm³/mol. The van der Waals surface area contributed by atoms with E-state index in [-0.39, 0.29) is 36.1 Å². The predicted octanol–water partition coefficient (Wildman–Crippen LogP) is 3.75. The maximum atomic E-state index is 13.4. The summed E-state index contributed by atoms with van der Waals surface area (Å²) in [6, 6.07) is 10.9. The van der Waals surface area contributed by atoms with Crippen LogP contribution in [0.25, 0.3) is 22.2 Å². The van der Waals surface area contributed by atoms with Gasteiger partial charge < -0.3 is 24.8 Å². The van der Waals surface area contributed by atoms with Gasteiger partial charge in [-0.1, -0.05) is 25.3 Å². The standard InChI is InChI=1S/C34H44N6O6S/c1-38(2)47(44,45)37-33(42)22-10-14-28-29(18-22)40-19-25(36-34(43)39(3)20-30(41)35-24-11-12-24)16-23-17-26(46-4)13-15-27(23)32(40)31(28)21-8-6-5-7-9-21/h10,13-15,17-18,21,24-25H,5-9,11-12,16,19-20H2,1-4H3,(H,35,41)(H,36,43)(H,37,42). The lowest BCUT2D eigenvalue weighted by Crippen LogP contribution is -2.48. The van der Waals surface area contributed by atoms with E-state index in [0.717, 1.165) is 70.6 Å². The summed E-state index contributed by atoms with van der Waals surface area (Å²) in [5.41, 5.74) is 5.36. The molecule has 1 atom stereocenters. The minimum absolute atomic E-state index is 0.0443. The lowest BCUT2D eigenvalue weighted by Gasteiger charge is -2.24. The summed E-state index contributed by atoms with van der Waals surface area (Å²) in [4.78, 5) is 40.5. The second-order valence-corrected chi connectivity index (χ2v) is 15.1. The number of benzene rings is 2. The molecule has 3 N–H and O–H groups in total. The van der Waals surface area contributed by atoms with Crippen molar-refractivity contribution in [1.82, 2.24) is 29.1 Å². The molecular weight excluding hydrogens is 620 g/mol. The van der Waals surface area contributed by atoms with Crippen LogP contribution in [0, 0.1) is 0 Å². The number of rotatable bonds is 9. The van der Waals surface area contributed by atoms with E-state index < -0.39 is 16.1 Å². The fraction of sp³-hybridized carbons (Fsp3) is 0.500. The van der Waals surface area contributed by atoms with Gasteiger partial charge in [-0.25, -0.2) is 9.52 Å². The summed E-state index contributed by atoms with van der Waals surface area (Å²) < 4.78 is 35.9. The van der Waals surface area contributed by atoms with E-state index in [1.807, 2.05) is 18.2 Å². The van der Waals surface area contributed by atoms with Crippen LogP contribution >= 0.6 is 0 Å². The third kappa shape index (κ3) is 6.96. The summed E-state index contributed by atoms with van der Waals surface area (Å²) in [6.45, 7) is 0.363. The van der Waals surface area contributed by atoms with Crippen molar-refractivity contribution in [3.63, 3.8) is 0 Å². The number of carbonyl (C=O) groups excluding carboxylic acids is 3. The molecule has 1 aliphatic heterocycles. The number of hydrogen-bond acceptors (Lipinski definition) is 6. The molecule has 12 nitrogen and oxygen atoms in total. The third-order valence-corrected chi connectivity index (χ3v) is 10.9. The van der Waals surface area contributed by atoms with Crippen LogP contribution in [0.1, 0.15) is 72.3 Å². The van der Waals surface area contributed by atoms with Gasteiger partial charge >= 0.3 is 16.2 Å². The zero-order chi connectivity index (χ0) is 33.5. The highest BCUT2D eigenvalue weighted by molar-refractivity contribution is 7.87. The van der Waals surface area contributed by atoms with Gasteiger partial charge in [0.2, 0.25) is 5.91 Å². The molecular formula is C34H44N6O6S. The van der Waals surface area contributed by atoms with Gasteiger partial charge in [-0.05, 0) is 79.5 Å². The summed E-state index contributed by atoms with van der Waals surface area (Å²) >= 11 is 0. The molecule has 2 fully saturated rings. The molecule has 0 bridgehead atoms. The fourth-order valence-corrected chi connectivity index (χ4v) is 7.42. The lowest BCUT2D eigenvalue weighted by atomic mass is 9.81. The molecule has 2 aromatic carbocycles. The van der Waals surface area contributed by atoms with Crippen molar-refractivity contribution in [3.8, 4) is 17.0 Å². The number of urea groups is 1. The molecule has 1 unspecified atom stereocenters. The van der Waals surface area contributed by atoms with Crippen LogP contribution in [0.15, 0.2) is 36.4 Å². The van der Waals surface area contributed by atoms with Gasteiger partial charge in [0, 0.05) is 55.8 Å². The number of nitrogens with zero attached hydrogens (tertiary/aromatic N) is 3. The number of likely N-dealkylation sites (N-methyl/N-ethyl adjacent to an activating group) is 1. The van der Waals surface area contributed by atoms with Crippen molar-refractivity contribution in [2.75, 3.05) is 34.8 Å². The van der Waals surface area contributed by atoms with E-state index in [1.54, 1.807) is 26.3 Å². The third-order valence-electron chi connectivity index (χ3n) is 9.52. The summed E-state index contributed by atoms with van der Waals surface area (Å²) in [6.07, 6.45) is 8.03. The van der Waals surface area contributed by atoms with Crippen molar-refractivity contribution in [1.29, 1.82) is 0 Å². The molecule has 252 valence electrons. The Labute approximate surface area is 276 Å². The molecule has 6 rings (SSSR count). The van der Waals surface area contributed by atoms with Crippen LogP contribution < -0.4 is 20.1 Å². The van der Waals surface area contributed by atoms with Crippen LogP contribution in [0.4, 0.5) is 4.79 Å². The van der Waals surface area contributed by atoms with Crippen molar-refractivity contribution < 1.29 is 27.5 Å². The summed E-state index contributed by atoms with van der Waals surface area (Å²) in [7, 11) is 1.98. The van der Waals surface area contributed by atoms with Crippen LogP contribution in [0.2, 0.25) is 0 Å². The van der Waals surface area contributed by atoms with Crippen LogP contribution in [-0.4, -0.2) is 86.9 Å². The first kappa shape index (κ1) is 32.8. The van der Waals surface area contributed by atoms with E-state index in [2.05, 4.69) is 26.0 Å². The Hall–Kier alpha value is -4.10. The average Bonchev–Trinajstić information content (AvgIpc) is 3.82. The minimum atomic E-state index is -3.99. The van der Waals surface area contributed by atoms with E-state index in [1.165, 1.54) is 31.0 Å². The summed E-state index contributed by atoms with van der Waals surface area (Å²) in [5.74, 6) is 0.130. The maximum Gasteiger partial charge on any atom is 0.317 e. The maximum absolute atomic E-state index is 13.4. The molecule has 1 aromatic heterocycles. The highest BCUT2D eigenvalue weighted by Gasteiger charge is 2.33. The number of hydrogen-bond donors (Lipinski definition) is 3. The molecule has 47 heavy (non-hydrogen) atoms. The van der Waals surface area contributed by atoms with E-state index in [4.69, 9.17) is 4.74 Å². The zero-order valence-electron chi connectivity index (χ0n) is 27.5. The molecule has 2 saturated carbocycles. The second-order valence-electron chi connectivity index (χ2n) is 13.2. The van der Waals surface area contributed by atoms with E-state index in [9.17, 15) is 22.8 Å². The fourth-order valence-electron chi connectivity index (χ4n) is 6.89. The first-order valence-electron chi connectivity index (χ1n) is 16.3. The Kier molecular flexibility index (Phi) is 9.21. The highest BCUT2D eigenvalue weighted by Crippen LogP contribution is 2.46. The van der Waals surface area contributed by atoms with Crippen molar-refractivity contribution >= 4 is 39.0 Å². The van der Waals surface area contributed by atoms with Gasteiger partial charge in [0.25, 0.3) is 5.91 Å². The Balaban J connectivity index is 1.43. The molecule has 0 saturated heterocycles. The van der Waals surface area contributed by atoms with Gasteiger partial charge in [-0.2, -0.15) is 12.7 Å². The number of fused-ring (bicyclic) bond motifs is 5. The lowest BCUT2D eigenvalue weighted by molar-refractivity contribution is -0.121. The van der Waals surface area contributed by atoms with Gasteiger partial charge in [0.05, 0.1) is 18.8 Å². The minimum Gasteiger partial charge on any atom is -0.497 e. The Morgan fingerprint density at radius 2 is 1.68 bits per heavy atom. The monoisotopic (exact) mass is 664 g/mol. The molecule has 2 aliphatic carbocycles. The molecule has 3 aromatic rings. The average molecular weight is 665 g/mol. The first-order valence-corrected chi connectivity index (χ1v) is 17.8. The van der Waals surface area contributed by atoms with Gasteiger partial charge in [-0.3, -0.25) is 9.59 Å². The first-order chi connectivity index (χ1) is 22.4. The topological polar surface area (TPSA) is 142 Å². The number of aromatic nitrogens is 1. The van der Waals surface area contributed by atoms with Gasteiger partial charge in [0.1, 0.15) is 12.3 Å². The number of carbonyl (C=O) groups is 3. The normalized spacial score (nSPS) is 18.2. The van der Waals surface area contributed by atoms with Crippen molar-refractivity contribution in [2.45, 2.75) is 75.9 Å². The number of nitrogens with one attached hydrogen (secondary N) is 3. The second kappa shape index (κ2) is 13.2. The molecule has 2 heterocycles. The Morgan fingerprint density at radius 1 is 0.936 bits per heavy atom. The van der Waals surface area contributed by atoms with Gasteiger partial charge in [0.15, 0.2) is 0 Å². The van der Waals surface area contributed by atoms with Crippen molar-refractivity contribution in [2.24, 2.45) is 0 Å². The number of ether oxygens (including phenoxy) is 1. The SMILES string of the molecule is COc1ccc2c(c1)CC(NC(=O)N(C)CC(=O)NC1CC1)Cn1c-2c(C2CCCCC2)c2ccc(C(=O)NS(=O)(=O)N(C)C)cc21. The quantitative estimate of drug-likeness (QED) is 0.318. The molecule has 3 aliphatic rings. The summed E-state index contributed by atoms with van der Waals surface area (Å²) in [5, 5.41) is 7.11. The molecule has 0 spiro atoms. The molecule has 4 amide bonds. The number of amides is 4. The van der Waals surface area contributed by atoms with Crippen LogP contribution in [0.5, 0.6) is 5.75 Å². The molecule has 13 heteroatoms. The largest absolute Gasteiger partial charge is 0.497 e. The van der Waals surface area contributed by atoms with Crippen LogP contribution in [-0.2, 0) is 28.0 Å². The van der Waals surface area contributed by atoms with Crippen molar-refractivity contribution in [3.05, 3.63) is 53.1 Å². The van der Waals surface area contributed by atoms with E-state index >= 15 is 0 Å².